The van der Waals surface area contributed by atoms with Gasteiger partial charge in [0.1, 0.15) is 22.7 Å². The van der Waals surface area contributed by atoms with E-state index in [9.17, 15) is 17.6 Å². The second-order valence-electron chi connectivity index (χ2n) is 11.0. The minimum absolute atomic E-state index is 0.0355. The monoisotopic (exact) mass is 612 g/mol. The summed E-state index contributed by atoms with van der Waals surface area (Å²) in [7, 11) is -3.44. The molecule has 1 aromatic carbocycles. The number of aromatic amines is 2. The lowest BCUT2D eigenvalue weighted by Crippen LogP contribution is -2.21. The molecule has 1 amide bonds. The van der Waals surface area contributed by atoms with E-state index in [0.29, 0.717) is 57.0 Å². The highest BCUT2D eigenvalue weighted by atomic mass is 32.2. The lowest BCUT2D eigenvalue weighted by atomic mass is 10.0. The number of benzene rings is 1. The van der Waals surface area contributed by atoms with Crippen LogP contribution in [0.1, 0.15) is 25.8 Å². The molecule has 11 nitrogen and oxygen atoms in total. The van der Waals surface area contributed by atoms with Crippen LogP contribution in [0.15, 0.2) is 67.1 Å². The summed E-state index contributed by atoms with van der Waals surface area (Å²) in [5.41, 5.74) is 6.87. The third-order valence-electron chi connectivity index (χ3n) is 6.91. The lowest BCUT2D eigenvalue weighted by Gasteiger charge is -2.08. The minimum atomic E-state index is -3.44. The molecule has 224 valence electrons. The first kappa shape index (κ1) is 29.1. The predicted octanol–water partition coefficient (Wildman–Crippen LogP) is 5.40. The number of carbonyl (C=O) groups is 1. The zero-order valence-corrected chi connectivity index (χ0v) is 25.0. The van der Waals surface area contributed by atoms with E-state index in [1.807, 2.05) is 38.1 Å². The number of rotatable bonds is 9. The van der Waals surface area contributed by atoms with Crippen molar-refractivity contribution < 1.29 is 17.6 Å². The van der Waals surface area contributed by atoms with Crippen molar-refractivity contribution in [2.24, 2.45) is 5.92 Å². The number of nitrogens with one attached hydrogen (secondary N) is 4. The van der Waals surface area contributed by atoms with Gasteiger partial charge in [-0.25, -0.2) is 27.5 Å². The van der Waals surface area contributed by atoms with Gasteiger partial charge in [0.2, 0.25) is 15.9 Å². The lowest BCUT2D eigenvalue weighted by molar-refractivity contribution is -0.116. The van der Waals surface area contributed by atoms with Crippen LogP contribution in [-0.4, -0.2) is 50.7 Å². The zero-order valence-electron chi connectivity index (χ0n) is 24.1. The number of H-pyrrole nitrogens is 2. The van der Waals surface area contributed by atoms with Crippen LogP contribution in [-0.2, 0) is 21.4 Å². The van der Waals surface area contributed by atoms with Crippen LogP contribution in [0.2, 0.25) is 0 Å². The number of halogens is 1. The van der Waals surface area contributed by atoms with Crippen molar-refractivity contribution in [2.45, 2.75) is 26.8 Å². The summed E-state index contributed by atoms with van der Waals surface area (Å²) in [6.07, 6.45) is 6.37. The van der Waals surface area contributed by atoms with E-state index in [1.54, 1.807) is 30.7 Å². The quantitative estimate of drug-likeness (QED) is 0.170. The minimum Gasteiger partial charge on any atom is -0.338 e. The van der Waals surface area contributed by atoms with Crippen LogP contribution in [0.3, 0.4) is 0 Å². The van der Waals surface area contributed by atoms with Gasteiger partial charge in [0.05, 0.1) is 35.0 Å². The van der Waals surface area contributed by atoms with Crippen LogP contribution >= 0.6 is 0 Å². The van der Waals surface area contributed by atoms with Crippen molar-refractivity contribution in [1.29, 1.82) is 0 Å². The second-order valence-corrected chi connectivity index (χ2v) is 12.9. The van der Waals surface area contributed by atoms with Gasteiger partial charge in [-0.3, -0.25) is 14.9 Å². The van der Waals surface area contributed by atoms with Crippen LogP contribution in [0.5, 0.6) is 0 Å². The fraction of sp³-hybridized carbons (Fsp3) is 0.194. The number of fused-ring (bicyclic) bond motifs is 2. The standard InChI is InChI=1S/C31H29FN8O3S/c1-17(2)8-28(41)36-22-12-20(15-33-16-22)25-4-5-26-29(37-25)30(40-39-26)27-13-24-23(6-7-34-31(24)38-27)19-9-18(10-21(32)11-19)14-35-44(3,42)43/h4-7,9-13,15-17,35H,8,14H2,1-3H3,(H,34,38)(H,36,41)(H,39,40). The number of anilines is 1. The number of aromatic nitrogens is 6. The molecule has 6 rings (SSSR count). The third-order valence-corrected chi connectivity index (χ3v) is 7.58. The van der Waals surface area contributed by atoms with Gasteiger partial charge in [-0.15, -0.1) is 0 Å². The first-order valence-electron chi connectivity index (χ1n) is 13.9. The number of hydrogen-bond acceptors (Lipinski definition) is 7. The molecule has 13 heteroatoms. The molecule has 6 aromatic rings. The van der Waals surface area contributed by atoms with Crippen molar-refractivity contribution >= 4 is 43.7 Å². The molecule has 0 radical (unpaired) electrons. The van der Waals surface area contributed by atoms with Gasteiger partial charge in [0.15, 0.2) is 0 Å². The number of carbonyl (C=O) groups excluding carboxylic acids is 1. The highest BCUT2D eigenvalue weighted by Gasteiger charge is 2.17. The first-order chi connectivity index (χ1) is 21.0. The van der Waals surface area contributed by atoms with Crippen molar-refractivity contribution in [2.75, 3.05) is 11.6 Å². The molecular formula is C31H29FN8O3S. The molecule has 0 unspecified atom stereocenters. The van der Waals surface area contributed by atoms with Gasteiger partial charge >= 0.3 is 0 Å². The number of pyridine rings is 3. The average Bonchev–Trinajstić information content (AvgIpc) is 3.59. The van der Waals surface area contributed by atoms with Crippen molar-refractivity contribution in [1.82, 2.24) is 34.9 Å². The number of sulfonamides is 1. The molecule has 5 heterocycles. The van der Waals surface area contributed by atoms with Gasteiger partial charge in [-0.2, -0.15) is 5.10 Å². The van der Waals surface area contributed by atoms with Crippen molar-refractivity contribution in [3.8, 4) is 33.8 Å². The van der Waals surface area contributed by atoms with Crippen LogP contribution < -0.4 is 10.0 Å². The topological polar surface area (TPSA) is 158 Å². The Morgan fingerprint density at radius 3 is 2.68 bits per heavy atom. The first-order valence-corrected chi connectivity index (χ1v) is 15.7. The highest BCUT2D eigenvalue weighted by molar-refractivity contribution is 7.88. The van der Waals surface area contributed by atoms with Gasteiger partial charge in [-0.05, 0) is 71.1 Å². The van der Waals surface area contributed by atoms with Crippen molar-refractivity contribution in [3.05, 3.63) is 78.5 Å². The fourth-order valence-electron chi connectivity index (χ4n) is 5.01. The number of nitrogens with zero attached hydrogens (tertiary/aromatic N) is 4. The molecule has 0 aliphatic heterocycles. The summed E-state index contributed by atoms with van der Waals surface area (Å²) in [4.78, 5) is 29.2. The number of hydrogen-bond donors (Lipinski definition) is 4. The summed E-state index contributed by atoms with van der Waals surface area (Å²) in [5.74, 6) is -0.325. The Bertz CT molecular complexity index is 2140. The van der Waals surface area contributed by atoms with E-state index in [0.717, 1.165) is 22.7 Å². The SMILES string of the molecule is CC(C)CC(=O)Nc1cncc(-c2ccc3[nH]nc(-c4cc5c(-c6cc(F)cc(CNS(C)(=O)=O)c6)ccnc5[nH]4)c3n2)c1. The fourth-order valence-corrected chi connectivity index (χ4v) is 5.44. The molecule has 0 saturated heterocycles. The molecule has 5 aromatic heterocycles. The highest BCUT2D eigenvalue weighted by Crippen LogP contribution is 2.34. The van der Waals surface area contributed by atoms with E-state index in [4.69, 9.17) is 4.98 Å². The third kappa shape index (κ3) is 6.33. The van der Waals surface area contributed by atoms with Crippen LogP contribution in [0.25, 0.3) is 55.8 Å². The van der Waals surface area contributed by atoms with Gasteiger partial charge in [0, 0.05) is 36.3 Å². The Labute approximate surface area is 252 Å². The largest absolute Gasteiger partial charge is 0.338 e. The van der Waals surface area contributed by atoms with E-state index in [1.165, 1.54) is 12.1 Å². The molecule has 0 atom stereocenters. The van der Waals surface area contributed by atoms with Gasteiger partial charge in [-0.1, -0.05) is 13.8 Å². The molecule has 0 bridgehead atoms. The molecule has 0 fully saturated rings. The van der Waals surface area contributed by atoms with E-state index in [2.05, 4.69) is 35.2 Å². The van der Waals surface area contributed by atoms with Gasteiger partial charge < -0.3 is 10.3 Å². The predicted molar refractivity (Wildman–Crippen MR) is 167 cm³/mol. The Hall–Kier alpha value is -5.01. The number of amides is 1. The Balaban J connectivity index is 1.36. The Morgan fingerprint density at radius 1 is 1.05 bits per heavy atom. The maximum Gasteiger partial charge on any atom is 0.224 e. The van der Waals surface area contributed by atoms with E-state index < -0.39 is 15.8 Å². The zero-order chi connectivity index (χ0) is 31.0. The second kappa shape index (κ2) is 11.6. The molecule has 4 N–H and O–H groups in total. The normalized spacial score (nSPS) is 11.9. The molecule has 44 heavy (non-hydrogen) atoms. The summed E-state index contributed by atoms with van der Waals surface area (Å²) in [6, 6.07) is 13.7. The smallest absolute Gasteiger partial charge is 0.224 e. The van der Waals surface area contributed by atoms with Crippen LogP contribution in [0, 0.1) is 11.7 Å². The molecule has 0 spiro atoms. The summed E-state index contributed by atoms with van der Waals surface area (Å²) in [6.45, 7) is 3.94. The Morgan fingerprint density at radius 2 is 1.89 bits per heavy atom. The van der Waals surface area contributed by atoms with E-state index >= 15 is 0 Å². The maximum absolute atomic E-state index is 14.6. The summed E-state index contributed by atoms with van der Waals surface area (Å²) >= 11 is 0. The molecule has 0 aliphatic rings. The Kier molecular flexibility index (Phi) is 7.66. The van der Waals surface area contributed by atoms with Crippen LogP contribution in [0.4, 0.5) is 10.1 Å². The molecular weight excluding hydrogens is 583 g/mol. The molecule has 0 aliphatic carbocycles. The van der Waals surface area contributed by atoms with Gasteiger partial charge in [0.25, 0.3) is 0 Å². The summed E-state index contributed by atoms with van der Waals surface area (Å²) < 4.78 is 40.1. The average molecular weight is 613 g/mol. The van der Waals surface area contributed by atoms with Crippen molar-refractivity contribution in [3.63, 3.8) is 0 Å². The molecule has 0 saturated carbocycles. The van der Waals surface area contributed by atoms with E-state index in [-0.39, 0.29) is 18.4 Å². The summed E-state index contributed by atoms with van der Waals surface area (Å²) in [5, 5.41) is 11.2. The maximum atomic E-state index is 14.6.